The summed E-state index contributed by atoms with van der Waals surface area (Å²) in [7, 11) is 2.05. The van der Waals surface area contributed by atoms with Crippen molar-refractivity contribution in [1.29, 1.82) is 0 Å². The Morgan fingerprint density at radius 1 is 1.43 bits per heavy atom. The molecule has 0 heterocycles. The number of para-hydroxylation sites is 1. The van der Waals surface area contributed by atoms with Crippen molar-refractivity contribution < 1.29 is 0 Å². The Labute approximate surface area is 90.7 Å². The summed E-state index contributed by atoms with van der Waals surface area (Å²) >= 11 is 6.14. The number of hydrogen-bond donors (Lipinski definition) is 1. The molecule has 1 rings (SSSR count). The van der Waals surface area contributed by atoms with Gasteiger partial charge in [0.25, 0.3) is 0 Å². The maximum atomic E-state index is 6.14. The largest absolute Gasteiger partial charge is 0.373 e. The third kappa shape index (κ3) is 2.40. The van der Waals surface area contributed by atoms with Gasteiger partial charge in [0.05, 0.1) is 10.7 Å². The minimum atomic E-state index is 0.532. The normalized spacial score (nSPS) is 10.3. The summed E-state index contributed by atoms with van der Waals surface area (Å²) in [6, 6.07) is 5.86. The highest BCUT2D eigenvalue weighted by molar-refractivity contribution is 6.33. The average Bonchev–Trinajstić information content (AvgIpc) is 2.17. The predicted octanol–water partition coefficient (Wildman–Crippen LogP) is 2.64. The van der Waals surface area contributed by atoms with E-state index in [0.717, 1.165) is 29.2 Å². The van der Waals surface area contributed by atoms with Gasteiger partial charge in [-0.05, 0) is 18.1 Å². The van der Waals surface area contributed by atoms with Crippen LogP contribution in [0.4, 0.5) is 5.69 Å². The second-order valence-corrected chi connectivity index (χ2v) is 3.78. The van der Waals surface area contributed by atoms with Crippen molar-refractivity contribution in [2.45, 2.75) is 19.9 Å². The van der Waals surface area contributed by atoms with Crippen LogP contribution in [0.15, 0.2) is 18.2 Å². The van der Waals surface area contributed by atoms with E-state index >= 15 is 0 Å². The molecular weight excluding hydrogens is 196 g/mol. The van der Waals surface area contributed by atoms with Crippen LogP contribution in [0.25, 0.3) is 0 Å². The Morgan fingerprint density at radius 2 is 2.14 bits per heavy atom. The van der Waals surface area contributed by atoms with Crippen LogP contribution in [0.1, 0.15) is 18.9 Å². The maximum Gasteiger partial charge on any atom is 0.0642 e. The Morgan fingerprint density at radius 3 is 2.71 bits per heavy atom. The molecular formula is C11H17ClN2. The van der Waals surface area contributed by atoms with Crippen LogP contribution in [-0.2, 0) is 6.54 Å². The van der Waals surface area contributed by atoms with Crippen LogP contribution in [-0.4, -0.2) is 13.6 Å². The maximum absolute atomic E-state index is 6.14. The minimum Gasteiger partial charge on any atom is -0.373 e. The number of benzene rings is 1. The lowest BCUT2D eigenvalue weighted by Crippen LogP contribution is -2.20. The number of halogens is 1. The summed E-state index contributed by atoms with van der Waals surface area (Å²) in [5.41, 5.74) is 7.84. The third-order valence-corrected chi connectivity index (χ3v) is 2.54. The smallest absolute Gasteiger partial charge is 0.0642 e. The van der Waals surface area contributed by atoms with E-state index in [0.29, 0.717) is 6.54 Å². The molecule has 2 nitrogen and oxygen atoms in total. The second kappa shape index (κ2) is 5.23. The number of anilines is 1. The van der Waals surface area contributed by atoms with Crippen LogP contribution in [0, 0.1) is 0 Å². The molecule has 3 heteroatoms. The van der Waals surface area contributed by atoms with Crippen molar-refractivity contribution in [2.75, 3.05) is 18.5 Å². The SMILES string of the molecule is CCCN(C)c1c(Cl)cccc1CN. The van der Waals surface area contributed by atoms with Gasteiger partial charge in [-0.15, -0.1) is 0 Å². The minimum absolute atomic E-state index is 0.532. The molecule has 1 aromatic carbocycles. The van der Waals surface area contributed by atoms with Crippen LogP contribution in [0.3, 0.4) is 0 Å². The first-order valence-electron chi connectivity index (χ1n) is 4.89. The number of hydrogen-bond acceptors (Lipinski definition) is 2. The van der Waals surface area contributed by atoms with Gasteiger partial charge in [-0.3, -0.25) is 0 Å². The van der Waals surface area contributed by atoms with E-state index in [9.17, 15) is 0 Å². The molecule has 14 heavy (non-hydrogen) atoms. The molecule has 0 fully saturated rings. The Balaban J connectivity index is 3.03. The molecule has 0 bridgehead atoms. The van der Waals surface area contributed by atoms with Crippen molar-refractivity contribution >= 4 is 17.3 Å². The Hall–Kier alpha value is -0.730. The van der Waals surface area contributed by atoms with Gasteiger partial charge in [0.1, 0.15) is 0 Å². The standard InChI is InChI=1S/C11H17ClN2/c1-3-7-14(2)11-9(8-13)5-4-6-10(11)12/h4-6H,3,7-8,13H2,1-2H3. The highest BCUT2D eigenvalue weighted by Crippen LogP contribution is 2.28. The number of nitrogens with zero attached hydrogens (tertiary/aromatic N) is 1. The van der Waals surface area contributed by atoms with Crippen molar-refractivity contribution in [3.05, 3.63) is 28.8 Å². The highest BCUT2D eigenvalue weighted by Gasteiger charge is 2.09. The van der Waals surface area contributed by atoms with E-state index in [2.05, 4.69) is 11.8 Å². The fourth-order valence-corrected chi connectivity index (χ4v) is 1.94. The van der Waals surface area contributed by atoms with Crippen molar-refractivity contribution in [3.8, 4) is 0 Å². The molecule has 0 aromatic heterocycles. The fourth-order valence-electron chi connectivity index (χ4n) is 1.60. The van der Waals surface area contributed by atoms with Gasteiger partial charge in [-0.25, -0.2) is 0 Å². The summed E-state index contributed by atoms with van der Waals surface area (Å²) in [4.78, 5) is 2.16. The molecule has 0 aliphatic heterocycles. The van der Waals surface area contributed by atoms with Crippen LogP contribution < -0.4 is 10.6 Å². The van der Waals surface area contributed by atoms with Gasteiger partial charge in [0.15, 0.2) is 0 Å². The lowest BCUT2D eigenvalue weighted by molar-refractivity contribution is 0.843. The molecule has 0 amide bonds. The quantitative estimate of drug-likeness (QED) is 0.832. The molecule has 2 N–H and O–H groups in total. The second-order valence-electron chi connectivity index (χ2n) is 3.37. The van der Waals surface area contributed by atoms with Gasteiger partial charge in [-0.1, -0.05) is 30.7 Å². The summed E-state index contributed by atoms with van der Waals surface area (Å²) < 4.78 is 0. The summed E-state index contributed by atoms with van der Waals surface area (Å²) in [6.07, 6.45) is 1.10. The van der Waals surface area contributed by atoms with Gasteiger partial charge >= 0.3 is 0 Å². The Kier molecular flexibility index (Phi) is 4.23. The fraction of sp³-hybridized carbons (Fsp3) is 0.455. The summed E-state index contributed by atoms with van der Waals surface area (Å²) in [6.45, 7) is 3.68. The predicted molar refractivity (Wildman–Crippen MR) is 62.9 cm³/mol. The highest BCUT2D eigenvalue weighted by atomic mass is 35.5. The van der Waals surface area contributed by atoms with E-state index < -0.39 is 0 Å². The van der Waals surface area contributed by atoms with Crippen molar-refractivity contribution in [2.24, 2.45) is 5.73 Å². The van der Waals surface area contributed by atoms with Crippen LogP contribution in [0.5, 0.6) is 0 Å². The number of nitrogens with two attached hydrogens (primary N) is 1. The zero-order valence-corrected chi connectivity index (χ0v) is 9.51. The molecule has 0 saturated carbocycles. The van der Waals surface area contributed by atoms with E-state index in [1.54, 1.807) is 0 Å². The monoisotopic (exact) mass is 212 g/mol. The van der Waals surface area contributed by atoms with E-state index in [1.807, 2.05) is 25.2 Å². The molecule has 0 radical (unpaired) electrons. The first kappa shape index (κ1) is 11.3. The van der Waals surface area contributed by atoms with Gasteiger partial charge in [0, 0.05) is 20.1 Å². The van der Waals surface area contributed by atoms with Gasteiger partial charge in [-0.2, -0.15) is 0 Å². The van der Waals surface area contributed by atoms with Crippen molar-refractivity contribution in [1.82, 2.24) is 0 Å². The zero-order valence-electron chi connectivity index (χ0n) is 8.76. The van der Waals surface area contributed by atoms with Crippen LogP contribution in [0.2, 0.25) is 5.02 Å². The third-order valence-electron chi connectivity index (χ3n) is 2.23. The molecule has 0 aliphatic rings. The topological polar surface area (TPSA) is 29.3 Å². The van der Waals surface area contributed by atoms with Crippen molar-refractivity contribution in [3.63, 3.8) is 0 Å². The molecule has 0 atom stereocenters. The van der Waals surface area contributed by atoms with E-state index in [1.165, 1.54) is 0 Å². The zero-order chi connectivity index (χ0) is 10.6. The van der Waals surface area contributed by atoms with E-state index in [-0.39, 0.29) is 0 Å². The lowest BCUT2D eigenvalue weighted by atomic mass is 10.1. The molecule has 1 aromatic rings. The molecule has 0 aliphatic carbocycles. The Bertz CT molecular complexity index is 299. The summed E-state index contributed by atoms with van der Waals surface area (Å²) in [5.74, 6) is 0. The molecule has 0 saturated heterocycles. The van der Waals surface area contributed by atoms with Gasteiger partial charge in [0.2, 0.25) is 0 Å². The molecule has 0 spiro atoms. The first-order valence-corrected chi connectivity index (χ1v) is 5.27. The molecule has 78 valence electrons. The molecule has 0 unspecified atom stereocenters. The summed E-state index contributed by atoms with van der Waals surface area (Å²) in [5, 5.41) is 0.781. The van der Waals surface area contributed by atoms with Crippen LogP contribution >= 0.6 is 11.6 Å². The number of rotatable bonds is 4. The van der Waals surface area contributed by atoms with E-state index in [4.69, 9.17) is 17.3 Å². The average molecular weight is 213 g/mol. The first-order chi connectivity index (χ1) is 6.70. The lowest BCUT2D eigenvalue weighted by Gasteiger charge is -2.22. The van der Waals surface area contributed by atoms with Gasteiger partial charge < -0.3 is 10.6 Å².